The second-order valence-corrected chi connectivity index (χ2v) is 5.85. The Labute approximate surface area is 123 Å². The number of primary amides is 1. The van der Waals surface area contributed by atoms with Crippen LogP contribution >= 0.6 is 0 Å². The second kappa shape index (κ2) is 5.76. The molecule has 1 heterocycles. The van der Waals surface area contributed by atoms with E-state index >= 15 is 0 Å². The van der Waals surface area contributed by atoms with Gasteiger partial charge in [0.15, 0.2) is 0 Å². The number of aromatic hydroxyl groups is 1. The molecule has 1 aliphatic rings. The first-order valence-corrected chi connectivity index (χ1v) is 7.63. The number of phenolic OH excluding ortho intramolecular Hbond substituents is 1. The van der Waals surface area contributed by atoms with E-state index in [1.807, 2.05) is 10.7 Å². The molecule has 2 aromatic rings. The Morgan fingerprint density at radius 3 is 2.81 bits per heavy atom. The first kappa shape index (κ1) is 13.9. The molecule has 0 radical (unpaired) electrons. The number of phenols is 1. The molecule has 0 bridgehead atoms. The van der Waals surface area contributed by atoms with Crippen molar-refractivity contribution in [3.63, 3.8) is 0 Å². The predicted molar refractivity (Wildman–Crippen MR) is 81.0 cm³/mol. The molecule has 0 spiro atoms. The smallest absolute Gasteiger partial charge is 0.217 e. The number of amides is 1. The fourth-order valence-electron chi connectivity index (χ4n) is 3.22. The average molecular weight is 287 g/mol. The molecule has 3 N–H and O–H groups in total. The lowest BCUT2D eigenvalue weighted by Gasteiger charge is -2.22. The van der Waals surface area contributed by atoms with E-state index in [1.54, 1.807) is 12.1 Å². The highest BCUT2D eigenvalue weighted by Crippen LogP contribution is 2.33. The molecule has 112 valence electrons. The first-order chi connectivity index (χ1) is 10.1. The highest BCUT2D eigenvalue weighted by atomic mass is 16.3. The van der Waals surface area contributed by atoms with Gasteiger partial charge in [-0.1, -0.05) is 19.3 Å². The van der Waals surface area contributed by atoms with E-state index in [0.717, 1.165) is 29.4 Å². The zero-order valence-corrected chi connectivity index (χ0v) is 12.1. The van der Waals surface area contributed by atoms with Gasteiger partial charge in [0.1, 0.15) is 5.75 Å². The van der Waals surface area contributed by atoms with Crippen molar-refractivity contribution in [1.82, 2.24) is 9.78 Å². The van der Waals surface area contributed by atoms with Crippen LogP contribution in [0.5, 0.6) is 5.75 Å². The van der Waals surface area contributed by atoms with E-state index in [-0.39, 0.29) is 11.7 Å². The van der Waals surface area contributed by atoms with Crippen molar-refractivity contribution in [2.75, 3.05) is 0 Å². The molecule has 1 aliphatic carbocycles. The third kappa shape index (κ3) is 2.86. The number of benzene rings is 1. The number of nitrogens with zero attached hydrogens (tertiary/aromatic N) is 2. The van der Waals surface area contributed by atoms with Gasteiger partial charge in [0.05, 0.1) is 17.3 Å². The van der Waals surface area contributed by atoms with Crippen LogP contribution in [0.1, 0.15) is 50.3 Å². The number of carbonyl (C=O) groups excluding carboxylic acids is 1. The van der Waals surface area contributed by atoms with Crippen LogP contribution in [0, 0.1) is 0 Å². The summed E-state index contributed by atoms with van der Waals surface area (Å²) in [6, 6.07) is 5.71. The molecule has 3 rings (SSSR count). The third-order valence-corrected chi connectivity index (χ3v) is 4.30. The zero-order chi connectivity index (χ0) is 14.8. The van der Waals surface area contributed by atoms with Crippen molar-refractivity contribution < 1.29 is 9.90 Å². The van der Waals surface area contributed by atoms with Gasteiger partial charge in [-0.25, -0.2) is 0 Å². The minimum absolute atomic E-state index is 0.251. The maximum absolute atomic E-state index is 11.0. The van der Waals surface area contributed by atoms with Gasteiger partial charge in [-0.15, -0.1) is 0 Å². The summed E-state index contributed by atoms with van der Waals surface area (Å²) in [5.41, 5.74) is 7.10. The van der Waals surface area contributed by atoms with Crippen LogP contribution in [0.15, 0.2) is 18.2 Å². The minimum Gasteiger partial charge on any atom is -0.508 e. The summed E-state index contributed by atoms with van der Waals surface area (Å²) >= 11 is 0. The first-order valence-electron chi connectivity index (χ1n) is 7.63. The second-order valence-electron chi connectivity index (χ2n) is 5.85. The van der Waals surface area contributed by atoms with Crippen molar-refractivity contribution in [2.45, 2.75) is 51.0 Å². The molecule has 5 nitrogen and oxygen atoms in total. The van der Waals surface area contributed by atoms with Gasteiger partial charge >= 0.3 is 0 Å². The van der Waals surface area contributed by atoms with Crippen molar-refractivity contribution in [3.05, 3.63) is 23.9 Å². The Morgan fingerprint density at radius 2 is 2.10 bits per heavy atom. The molecule has 1 fully saturated rings. The van der Waals surface area contributed by atoms with Crippen molar-refractivity contribution in [3.8, 4) is 5.75 Å². The van der Waals surface area contributed by atoms with Crippen LogP contribution in [-0.4, -0.2) is 20.8 Å². The molecule has 0 aliphatic heterocycles. The standard InChI is InChI=1S/C16H21N3O2/c17-16(21)9-8-14-13-7-6-12(20)10-15(13)19(18-14)11-4-2-1-3-5-11/h6-7,10-11,20H,1-5,8-9H2,(H2,17,21). The highest BCUT2D eigenvalue weighted by Gasteiger charge is 2.20. The van der Waals surface area contributed by atoms with E-state index < -0.39 is 0 Å². The maximum Gasteiger partial charge on any atom is 0.217 e. The van der Waals surface area contributed by atoms with Gasteiger partial charge in [-0.3, -0.25) is 9.48 Å². The Bertz CT molecular complexity index is 657. The summed E-state index contributed by atoms with van der Waals surface area (Å²) in [6.07, 6.45) is 6.84. The summed E-state index contributed by atoms with van der Waals surface area (Å²) in [6.45, 7) is 0. The normalized spacial score (nSPS) is 16.4. The number of carbonyl (C=O) groups is 1. The molecule has 21 heavy (non-hydrogen) atoms. The van der Waals surface area contributed by atoms with E-state index in [0.29, 0.717) is 18.9 Å². The predicted octanol–water partition coefficient (Wildman–Crippen LogP) is 2.67. The number of aromatic nitrogens is 2. The molecule has 1 aromatic carbocycles. The van der Waals surface area contributed by atoms with Crippen LogP contribution < -0.4 is 5.73 Å². The molecule has 0 unspecified atom stereocenters. The zero-order valence-electron chi connectivity index (χ0n) is 12.1. The number of hydrogen-bond donors (Lipinski definition) is 2. The van der Waals surface area contributed by atoms with E-state index in [1.165, 1.54) is 19.3 Å². The Hall–Kier alpha value is -2.04. The summed E-state index contributed by atoms with van der Waals surface area (Å²) < 4.78 is 2.05. The average Bonchev–Trinajstić information content (AvgIpc) is 2.84. The van der Waals surface area contributed by atoms with Gasteiger partial charge in [0.2, 0.25) is 5.91 Å². The quantitative estimate of drug-likeness (QED) is 0.907. The molecule has 0 atom stereocenters. The Kier molecular flexibility index (Phi) is 3.82. The van der Waals surface area contributed by atoms with Gasteiger partial charge in [0.25, 0.3) is 0 Å². The lowest BCUT2D eigenvalue weighted by molar-refractivity contribution is -0.118. The van der Waals surface area contributed by atoms with Crippen LogP contribution in [-0.2, 0) is 11.2 Å². The van der Waals surface area contributed by atoms with Gasteiger partial charge in [0, 0.05) is 24.3 Å². The number of rotatable bonds is 4. The lowest BCUT2D eigenvalue weighted by Crippen LogP contribution is -2.15. The largest absolute Gasteiger partial charge is 0.508 e. The van der Waals surface area contributed by atoms with Crippen molar-refractivity contribution in [1.29, 1.82) is 0 Å². The van der Waals surface area contributed by atoms with Gasteiger partial charge < -0.3 is 10.8 Å². The number of nitrogens with two attached hydrogens (primary N) is 1. The van der Waals surface area contributed by atoms with Crippen molar-refractivity contribution in [2.24, 2.45) is 5.73 Å². The SMILES string of the molecule is NC(=O)CCc1nn(C2CCCCC2)c2cc(O)ccc12. The summed E-state index contributed by atoms with van der Waals surface area (Å²) in [4.78, 5) is 11.0. The fraction of sp³-hybridized carbons (Fsp3) is 0.500. The highest BCUT2D eigenvalue weighted by molar-refractivity contribution is 5.84. The van der Waals surface area contributed by atoms with Crippen LogP contribution in [0.2, 0.25) is 0 Å². The third-order valence-electron chi connectivity index (χ3n) is 4.30. The maximum atomic E-state index is 11.0. The molecular formula is C16H21N3O2. The Balaban J connectivity index is 2.01. The minimum atomic E-state index is -0.311. The molecule has 1 amide bonds. The fourth-order valence-corrected chi connectivity index (χ4v) is 3.22. The number of aryl methyl sites for hydroxylation is 1. The lowest BCUT2D eigenvalue weighted by atomic mass is 9.95. The Morgan fingerprint density at radius 1 is 1.33 bits per heavy atom. The van der Waals surface area contributed by atoms with Crippen LogP contribution in [0.3, 0.4) is 0 Å². The summed E-state index contributed by atoms with van der Waals surface area (Å²) in [7, 11) is 0. The summed E-state index contributed by atoms with van der Waals surface area (Å²) in [5.74, 6) is -0.0601. The molecule has 1 saturated carbocycles. The van der Waals surface area contributed by atoms with E-state index in [9.17, 15) is 9.90 Å². The molecule has 0 saturated heterocycles. The monoisotopic (exact) mass is 287 g/mol. The van der Waals surface area contributed by atoms with E-state index in [4.69, 9.17) is 10.8 Å². The van der Waals surface area contributed by atoms with Gasteiger partial charge in [-0.05, 0) is 25.0 Å². The topological polar surface area (TPSA) is 81.1 Å². The molecular weight excluding hydrogens is 266 g/mol. The van der Waals surface area contributed by atoms with Crippen LogP contribution in [0.4, 0.5) is 0 Å². The van der Waals surface area contributed by atoms with Gasteiger partial charge in [-0.2, -0.15) is 5.10 Å². The van der Waals surface area contributed by atoms with Crippen LogP contribution in [0.25, 0.3) is 10.9 Å². The number of hydrogen-bond acceptors (Lipinski definition) is 3. The molecule has 1 aromatic heterocycles. The van der Waals surface area contributed by atoms with Crippen molar-refractivity contribution >= 4 is 16.8 Å². The number of fused-ring (bicyclic) bond motifs is 1. The van der Waals surface area contributed by atoms with E-state index in [2.05, 4.69) is 0 Å². The molecule has 5 heteroatoms. The summed E-state index contributed by atoms with van der Waals surface area (Å²) in [5, 5.41) is 15.5.